The minimum Gasteiger partial charge on any atom is -0.378 e. The Labute approximate surface area is 201 Å². The van der Waals surface area contributed by atoms with Crippen LogP contribution in [0.4, 0.5) is 14.6 Å². The highest BCUT2D eigenvalue weighted by atomic mass is 19.1. The number of hydrogen-bond acceptors (Lipinski definition) is 4. The SMILES string of the molecule is C[C@H](NC(=O)[C@@H](O)c1cc(F)cc(F)c1)C(=O)Nc1cc(C2(c3ccccc3)CCCCC2)[nH]n1. The number of aliphatic hydroxyl groups excluding tert-OH is 1. The van der Waals surface area contributed by atoms with Gasteiger partial charge < -0.3 is 15.7 Å². The Bertz CT molecular complexity index is 1170. The molecule has 35 heavy (non-hydrogen) atoms. The second kappa shape index (κ2) is 10.4. The van der Waals surface area contributed by atoms with Crippen LogP contribution in [0.15, 0.2) is 54.6 Å². The molecule has 1 saturated carbocycles. The molecule has 0 bridgehead atoms. The van der Waals surface area contributed by atoms with Crippen LogP contribution >= 0.6 is 0 Å². The monoisotopic (exact) mass is 482 g/mol. The van der Waals surface area contributed by atoms with Gasteiger partial charge in [-0.25, -0.2) is 8.78 Å². The van der Waals surface area contributed by atoms with Crippen molar-refractivity contribution in [1.29, 1.82) is 0 Å². The standard InChI is InChI=1S/C26H28F2N4O3/c1-16(29-25(35)23(33)17-12-19(27)14-20(28)13-17)24(34)30-22-15-21(31-32-22)26(10-6-3-7-11-26)18-8-4-2-5-9-18/h2,4-5,8-9,12-16,23,33H,3,6-7,10-11H2,1H3,(H,29,35)(H2,30,31,32,34)/t16-,23-/m0/s1. The molecule has 2 amide bonds. The summed E-state index contributed by atoms with van der Waals surface area (Å²) in [5.41, 5.74) is 1.66. The second-order valence-electron chi connectivity index (χ2n) is 9.00. The molecule has 1 aliphatic carbocycles. The normalized spacial score (nSPS) is 16.8. The van der Waals surface area contributed by atoms with Crippen LogP contribution in [0.3, 0.4) is 0 Å². The number of benzene rings is 2. The molecule has 3 aromatic rings. The zero-order chi connectivity index (χ0) is 25.0. The molecule has 7 nitrogen and oxygen atoms in total. The zero-order valence-corrected chi connectivity index (χ0v) is 19.4. The summed E-state index contributed by atoms with van der Waals surface area (Å²) in [5.74, 6) is -3.02. The maximum Gasteiger partial charge on any atom is 0.254 e. The van der Waals surface area contributed by atoms with Gasteiger partial charge in [0.15, 0.2) is 11.9 Å². The number of carbonyl (C=O) groups excluding carboxylic acids is 2. The molecule has 184 valence electrons. The van der Waals surface area contributed by atoms with E-state index in [4.69, 9.17) is 0 Å². The fourth-order valence-corrected chi connectivity index (χ4v) is 4.73. The smallest absolute Gasteiger partial charge is 0.254 e. The summed E-state index contributed by atoms with van der Waals surface area (Å²) in [6.07, 6.45) is 3.48. The van der Waals surface area contributed by atoms with Crippen molar-refractivity contribution in [3.63, 3.8) is 0 Å². The quantitative estimate of drug-likeness (QED) is 0.406. The molecule has 1 fully saturated rings. The van der Waals surface area contributed by atoms with Crippen molar-refractivity contribution >= 4 is 17.6 Å². The number of carbonyl (C=O) groups is 2. The fourth-order valence-electron chi connectivity index (χ4n) is 4.73. The molecule has 2 aromatic carbocycles. The van der Waals surface area contributed by atoms with E-state index >= 15 is 0 Å². The van der Waals surface area contributed by atoms with Crippen LogP contribution in [0, 0.1) is 11.6 Å². The maximum absolute atomic E-state index is 13.4. The van der Waals surface area contributed by atoms with E-state index in [1.807, 2.05) is 24.3 Å². The van der Waals surface area contributed by atoms with E-state index in [1.54, 1.807) is 0 Å². The summed E-state index contributed by atoms with van der Waals surface area (Å²) in [6.45, 7) is 1.44. The van der Waals surface area contributed by atoms with Gasteiger partial charge in [-0.05, 0) is 43.0 Å². The lowest BCUT2D eigenvalue weighted by atomic mass is 9.67. The Balaban J connectivity index is 1.43. The lowest BCUT2D eigenvalue weighted by molar-refractivity contribution is -0.132. The number of nitrogens with zero attached hydrogens (tertiary/aromatic N) is 1. The molecule has 1 aromatic heterocycles. The second-order valence-corrected chi connectivity index (χ2v) is 9.00. The summed E-state index contributed by atoms with van der Waals surface area (Å²) in [5, 5.41) is 22.5. The van der Waals surface area contributed by atoms with Gasteiger partial charge in [0, 0.05) is 23.2 Å². The van der Waals surface area contributed by atoms with Crippen LogP contribution < -0.4 is 10.6 Å². The molecule has 4 N–H and O–H groups in total. The van der Waals surface area contributed by atoms with E-state index in [1.165, 1.54) is 18.9 Å². The maximum atomic E-state index is 13.4. The predicted octanol–water partition coefficient (Wildman–Crippen LogP) is 4.11. The van der Waals surface area contributed by atoms with Crippen molar-refractivity contribution in [3.05, 3.63) is 83.1 Å². The Morgan fingerprint density at radius 3 is 2.31 bits per heavy atom. The van der Waals surface area contributed by atoms with Crippen LogP contribution in [0.1, 0.15) is 62.0 Å². The highest BCUT2D eigenvalue weighted by Gasteiger charge is 2.37. The summed E-state index contributed by atoms with van der Waals surface area (Å²) in [7, 11) is 0. The van der Waals surface area contributed by atoms with Crippen molar-refractivity contribution in [1.82, 2.24) is 15.5 Å². The average Bonchev–Trinajstić information content (AvgIpc) is 3.33. The molecule has 0 unspecified atom stereocenters. The largest absolute Gasteiger partial charge is 0.378 e. The first kappa shape index (κ1) is 24.5. The topological polar surface area (TPSA) is 107 Å². The minimum absolute atomic E-state index is 0.209. The Morgan fingerprint density at radius 1 is 1.00 bits per heavy atom. The molecule has 1 heterocycles. The lowest BCUT2D eigenvalue weighted by Crippen LogP contribution is -2.43. The molecule has 1 aliphatic rings. The molecule has 0 radical (unpaired) electrons. The van der Waals surface area contributed by atoms with Gasteiger partial charge in [0.25, 0.3) is 5.91 Å². The summed E-state index contributed by atoms with van der Waals surface area (Å²) in [4.78, 5) is 25.0. The number of aromatic amines is 1. The number of rotatable bonds is 7. The van der Waals surface area contributed by atoms with E-state index in [0.717, 1.165) is 43.5 Å². The molecular weight excluding hydrogens is 454 g/mol. The molecule has 4 rings (SSSR count). The van der Waals surface area contributed by atoms with Crippen LogP contribution in [0.2, 0.25) is 0 Å². The number of H-pyrrole nitrogens is 1. The highest BCUT2D eigenvalue weighted by Crippen LogP contribution is 2.44. The summed E-state index contributed by atoms with van der Waals surface area (Å²) >= 11 is 0. The first-order valence-corrected chi connectivity index (χ1v) is 11.7. The summed E-state index contributed by atoms with van der Waals surface area (Å²) < 4.78 is 26.8. The van der Waals surface area contributed by atoms with Crippen LogP contribution in [-0.4, -0.2) is 33.2 Å². The van der Waals surface area contributed by atoms with Gasteiger partial charge in [-0.15, -0.1) is 0 Å². The van der Waals surface area contributed by atoms with Crippen molar-refractivity contribution in [2.75, 3.05) is 5.32 Å². The van der Waals surface area contributed by atoms with Crippen LogP contribution in [-0.2, 0) is 15.0 Å². The number of amides is 2. The van der Waals surface area contributed by atoms with Gasteiger partial charge >= 0.3 is 0 Å². The molecule has 0 aliphatic heterocycles. The van der Waals surface area contributed by atoms with Gasteiger partial charge in [0.2, 0.25) is 5.91 Å². The average molecular weight is 483 g/mol. The Kier molecular flexibility index (Phi) is 7.25. The first-order valence-electron chi connectivity index (χ1n) is 11.7. The zero-order valence-electron chi connectivity index (χ0n) is 19.4. The van der Waals surface area contributed by atoms with E-state index in [-0.39, 0.29) is 11.0 Å². The number of anilines is 1. The Hall–Kier alpha value is -3.59. The third kappa shape index (κ3) is 5.40. The number of nitrogens with one attached hydrogen (secondary N) is 3. The number of aromatic nitrogens is 2. The minimum atomic E-state index is -1.83. The molecule has 0 saturated heterocycles. The lowest BCUT2D eigenvalue weighted by Gasteiger charge is -2.37. The van der Waals surface area contributed by atoms with Crippen molar-refractivity contribution < 1.29 is 23.5 Å². The third-order valence-electron chi connectivity index (χ3n) is 6.58. The Morgan fingerprint density at radius 2 is 1.66 bits per heavy atom. The van der Waals surface area contributed by atoms with Gasteiger partial charge in [0.05, 0.1) is 0 Å². The predicted molar refractivity (Wildman–Crippen MR) is 126 cm³/mol. The molecule has 9 heteroatoms. The summed E-state index contributed by atoms with van der Waals surface area (Å²) in [6, 6.07) is 13.4. The first-order chi connectivity index (χ1) is 16.8. The van der Waals surface area contributed by atoms with E-state index < -0.39 is 35.6 Å². The van der Waals surface area contributed by atoms with Crippen molar-refractivity contribution in [2.24, 2.45) is 0 Å². The van der Waals surface area contributed by atoms with E-state index in [2.05, 4.69) is 33.0 Å². The van der Waals surface area contributed by atoms with Crippen molar-refractivity contribution in [2.45, 2.75) is 56.6 Å². The highest BCUT2D eigenvalue weighted by molar-refractivity contribution is 5.97. The van der Waals surface area contributed by atoms with Gasteiger partial charge in [-0.2, -0.15) is 5.10 Å². The number of hydrogen-bond donors (Lipinski definition) is 4. The molecule has 2 atom stereocenters. The molecular formula is C26H28F2N4O3. The van der Waals surface area contributed by atoms with E-state index in [9.17, 15) is 23.5 Å². The van der Waals surface area contributed by atoms with Crippen molar-refractivity contribution in [3.8, 4) is 0 Å². The van der Waals surface area contributed by atoms with Crippen LogP contribution in [0.25, 0.3) is 0 Å². The van der Waals surface area contributed by atoms with Gasteiger partial charge in [0.1, 0.15) is 17.7 Å². The fraction of sp³-hybridized carbons (Fsp3) is 0.346. The van der Waals surface area contributed by atoms with Gasteiger partial charge in [-0.1, -0.05) is 49.6 Å². The third-order valence-corrected chi connectivity index (χ3v) is 6.58. The van der Waals surface area contributed by atoms with Crippen LogP contribution in [0.5, 0.6) is 0 Å². The number of aliphatic hydroxyl groups is 1. The number of halogens is 2. The molecule has 0 spiro atoms. The van der Waals surface area contributed by atoms with E-state index in [0.29, 0.717) is 11.9 Å². The van der Waals surface area contributed by atoms with Gasteiger partial charge in [-0.3, -0.25) is 14.7 Å².